The van der Waals surface area contributed by atoms with Crippen molar-refractivity contribution in [1.29, 1.82) is 0 Å². The minimum atomic E-state index is 0. The van der Waals surface area contributed by atoms with Gasteiger partial charge in [0, 0.05) is 17.1 Å². The summed E-state index contributed by atoms with van der Waals surface area (Å²) in [6, 6.07) is 0. The smallest absolute Gasteiger partial charge is 0 e. The Hall–Kier alpha value is -0.000519. The average Bonchev–Trinajstić information content (AvgIpc) is 1.86. The maximum absolute atomic E-state index is 2.16. The van der Waals surface area contributed by atoms with Crippen LogP contribution in [0, 0.1) is 0 Å². The van der Waals surface area contributed by atoms with Gasteiger partial charge in [-0.3, -0.25) is 0 Å². The van der Waals surface area contributed by atoms with E-state index in [0.717, 1.165) is 0 Å². The maximum Gasteiger partial charge on any atom is 0 e. The minimum absolute atomic E-state index is 0. The fourth-order valence-electron chi connectivity index (χ4n) is 0.554. The number of allylic oxidation sites excluding steroid dienone is 4. The van der Waals surface area contributed by atoms with E-state index in [1.54, 1.807) is 0 Å². The molecule has 7 heavy (non-hydrogen) atoms. The van der Waals surface area contributed by atoms with Crippen LogP contribution < -0.4 is 0 Å². The Labute approximate surface area is 54.8 Å². The van der Waals surface area contributed by atoms with Gasteiger partial charge >= 0.3 is 0 Å². The van der Waals surface area contributed by atoms with E-state index in [4.69, 9.17) is 0 Å². The Balaban J connectivity index is 0.000000360. The van der Waals surface area contributed by atoms with Gasteiger partial charge in [-0.1, -0.05) is 23.8 Å². The third-order valence-electron chi connectivity index (χ3n) is 0.957. The van der Waals surface area contributed by atoms with Gasteiger partial charge < -0.3 is 0 Å². The van der Waals surface area contributed by atoms with Crippen molar-refractivity contribution in [2.45, 2.75) is 13.3 Å². The quantitative estimate of drug-likeness (QED) is 0.445. The summed E-state index contributed by atoms with van der Waals surface area (Å²) >= 11 is 0. The predicted molar refractivity (Wildman–Crippen MR) is 27.5 cm³/mol. The molecule has 0 aromatic heterocycles. The molecule has 39 valence electrons. The average molecular weight is 135 g/mol. The van der Waals surface area contributed by atoms with Crippen LogP contribution >= 0.6 is 0 Å². The number of hydrogen-bond donors (Lipinski definition) is 0. The molecule has 0 aliphatic heterocycles. The first-order chi connectivity index (χ1) is 2.89. The van der Waals surface area contributed by atoms with Crippen molar-refractivity contribution in [2.24, 2.45) is 0 Å². The summed E-state index contributed by atoms with van der Waals surface area (Å²) in [4.78, 5) is 0. The topological polar surface area (TPSA) is 0 Å². The molecule has 0 nitrogen and oxygen atoms in total. The van der Waals surface area contributed by atoms with E-state index in [-0.39, 0.29) is 17.1 Å². The van der Waals surface area contributed by atoms with Crippen LogP contribution in [-0.4, -0.2) is 0 Å². The molecule has 1 heteroatoms. The molecule has 0 saturated heterocycles. The summed E-state index contributed by atoms with van der Waals surface area (Å²) in [6.45, 7) is 2.14. The molecule has 1 radical (unpaired) electrons. The van der Waals surface area contributed by atoms with E-state index < -0.39 is 0 Å². The van der Waals surface area contributed by atoms with E-state index in [2.05, 4.69) is 25.2 Å². The molecule has 0 atom stereocenters. The van der Waals surface area contributed by atoms with Crippen LogP contribution in [0.3, 0.4) is 0 Å². The summed E-state index contributed by atoms with van der Waals surface area (Å²) in [6.07, 6.45) is 7.56. The van der Waals surface area contributed by atoms with Gasteiger partial charge in [0.1, 0.15) is 0 Å². The van der Waals surface area contributed by atoms with Gasteiger partial charge in [0.05, 0.1) is 0 Å². The van der Waals surface area contributed by atoms with Crippen LogP contribution in [0.1, 0.15) is 13.3 Å². The monoisotopic (exact) mass is 135 g/mol. The number of rotatable bonds is 0. The largest absolute Gasteiger partial charge is 0.0805 e. The van der Waals surface area contributed by atoms with E-state index in [1.165, 1.54) is 12.0 Å². The van der Waals surface area contributed by atoms with Crippen molar-refractivity contribution in [1.82, 2.24) is 0 Å². The third kappa shape index (κ3) is 1.96. The zero-order valence-corrected chi connectivity index (χ0v) is 5.50. The predicted octanol–water partition coefficient (Wildman–Crippen LogP) is 1.89. The van der Waals surface area contributed by atoms with Crippen molar-refractivity contribution in [3.63, 3.8) is 0 Å². The van der Waals surface area contributed by atoms with E-state index in [9.17, 15) is 0 Å². The van der Waals surface area contributed by atoms with Gasteiger partial charge in [-0.15, -0.1) is 0 Å². The van der Waals surface area contributed by atoms with E-state index in [0.29, 0.717) is 0 Å². The van der Waals surface area contributed by atoms with Gasteiger partial charge in [0.15, 0.2) is 0 Å². The fourth-order valence-corrected chi connectivity index (χ4v) is 0.554. The zero-order chi connectivity index (χ0) is 4.41. The van der Waals surface area contributed by atoms with Crippen molar-refractivity contribution >= 4 is 0 Å². The Morgan fingerprint density at radius 2 is 2.29 bits per heavy atom. The Kier molecular flexibility index (Phi) is 3.06. The van der Waals surface area contributed by atoms with Gasteiger partial charge in [0.2, 0.25) is 0 Å². The molecular weight excluding hydrogens is 127 g/mol. The van der Waals surface area contributed by atoms with Gasteiger partial charge in [0.25, 0.3) is 0 Å². The molecule has 0 fully saturated rings. The molecule has 0 spiro atoms. The SMILES string of the molecule is CC1=CC=CC1.[Mn]. The summed E-state index contributed by atoms with van der Waals surface area (Å²) in [5, 5.41) is 0. The molecule has 1 aliphatic rings. The van der Waals surface area contributed by atoms with Crippen molar-refractivity contribution in [3.8, 4) is 0 Å². The normalized spacial score (nSPS) is 15.9. The molecule has 0 N–H and O–H groups in total. The van der Waals surface area contributed by atoms with Crippen LogP contribution in [0.25, 0.3) is 0 Å². The first kappa shape index (κ1) is 7.00. The molecule has 0 amide bonds. The molecule has 0 aromatic carbocycles. The first-order valence-electron chi connectivity index (χ1n) is 2.22. The van der Waals surface area contributed by atoms with Gasteiger partial charge in [-0.05, 0) is 13.3 Å². The van der Waals surface area contributed by atoms with Crippen LogP contribution in [0.4, 0.5) is 0 Å². The van der Waals surface area contributed by atoms with Crippen molar-refractivity contribution in [2.75, 3.05) is 0 Å². The second kappa shape index (κ2) is 3.06. The molecule has 0 bridgehead atoms. The molecule has 0 unspecified atom stereocenters. The van der Waals surface area contributed by atoms with Crippen LogP contribution in [0.5, 0.6) is 0 Å². The number of hydrogen-bond acceptors (Lipinski definition) is 0. The molecule has 0 heterocycles. The summed E-state index contributed by atoms with van der Waals surface area (Å²) in [5.74, 6) is 0. The molecule has 1 aliphatic carbocycles. The summed E-state index contributed by atoms with van der Waals surface area (Å²) in [7, 11) is 0. The zero-order valence-electron chi connectivity index (χ0n) is 4.32. The molecule has 0 aromatic rings. The Morgan fingerprint density at radius 1 is 1.57 bits per heavy atom. The van der Waals surface area contributed by atoms with Gasteiger partial charge in [-0.2, -0.15) is 0 Å². The minimum Gasteiger partial charge on any atom is -0.0805 e. The molecule has 1 rings (SSSR count). The van der Waals surface area contributed by atoms with E-state index >= 15 is 0 Å². The Morgan fingerprint density at radius 3 is 2.43 bits per heavy atom. The second-order valence-electron chi connectivity index (χ2n) is 1.65. The van der Waals surface area contributed by atoms with E-state index in [1.807, 2.05) is 0 Å². The first-order valence-corrected chi connectivity index (χ1v) is 2.22. The van der Waals surface area contributed by atoms with Crippen LogP contribution in [0.15, 0.2) is 23.8 Å². The van der Waals surface area contributed by atoms with Crippen molar-refractivity contribution < 1.29 is 17.1 Å². The molecular formula is C6H8Mn. The third-order valence-corrected chi connectivity index (χ3v) is 0.957. The van der Waals surface area contributed by atoms with Crippen LogP contribution in [0.2, 0.25) is 0 Å². The van der Waals surface area contributed by atoms with Crippen LogP contribution in [-0.2, 0) is 17.1 Å². The summed E-state index contributed by atoms with van der Waals surface area (Å²) in [5.41, 5.74) is 1.47. The maximum atomic E-state index is 2.16. The standard InChI is InChI=1S/C6H8.Mn/c1-6-4-2-3-5-6;/h2-4H,5H2,1H3;. The molecule has 0 saturated carbocycles. The van der Waals surface area contributed by atoms with Gasteiger partial charge in [-0.25, -0.2) is 0 Å². The second-order valence-corrected chi connectivity index (χ2v) is 1.65. The van der Waals surface area contributed by atoms with Crippen molar-refractivity contribution in [3.05, 3.63) is 23.8 Å². The Bertz CT molecular complexity index is 101. The fraction of sp³-hybridized carbons (Fsp3) is 0.333. The summed E-state index contributed by atoms with van der Waals surface area (Å²) < 4.78 is 0.